The lowest BCUT2D eigenvalue weighted by molar-refractivity contribution is -0.120. The van der Waals surface area contributed by atoms with Crippen LogP contribution in [0, 0.1) is 11.7 Å². The van der Waals surface area contributed by atoms with Gasteiger partial charge in [0.05, 0.1) is 0 Å². The number of carbonyl (C=O) groups excluding carboxylic acids is 2. The third kappa shape index (κ3) is 4.56. The Hall–Kier alpha value is -3.48. The molecule has 0 atom stereocenters. The molecule has 2 N–H and O–H groups in total. The van der Waals surface area contributed by atoms with Gasteiger partial charge in [-0.2, -0.15) is 0 Å². The first-order chi connectivity index (χ1) is 14.6. The third-order valence-electron chi connectivity index (χ3n) is 5.41. The molecule has 2 aromatic carbocycles. The number of hydrogen-bond donors (Lipinski definition) is 2. The molecule has 1 saturated carbocycles. The van der Waals surface area contributed by atoms with Gasteiger partial charge in [-0.3, -0.25) is 9.59 Å². The fraction of sp³-hybridized carbons (Fsp3) is 0.261. The van der Waals surface area contributed by atoms with E-state index in [9.17, 15) is 14.0 Å². The molecule has 154 valence electrons. The normalized spacial score (nSPS) is 18.6. The van der Waals surface area contributed by atoms with E-state index in [0.717, 1.165) is 12.8 Å². The Morgan fingerprint density at radius 2 is 1.63 bits per heavy atom. The zero-order valence-corrected chi connectivity index (χ0v) is 16.4. The van der Waals surface area contributed by atoms with E-state index in [2.05, 4.69) is 15.7 Å². The first-order valence-corrected chi connectivity index (χ1v) is 10.1. The fourth-order valence-corrected chi connectivity index (χ4v) is 3.75. The van der Waals surface area contributed by atoms with Crippen LogP contribution in [0.15, 0.2) is 66.9 Å². The van der Waals surface area contributed by atoms with Crippen LogP contribution in [0.5, 0.6) is 0 Å². The van der Waals surface area contributed by atoms with E-state index in [4.69, 9.17) is 0 Å². The van der Waals surface area contributed by atoms with Crippen molar-refractivity contribution in [3.8, 4) is 5.69 Å². The third-order valence-corrected chi connectivity index (χ3v) is 5.41. The van der Waals surface area contributed by atoms with Crippen LogP contribution in [0.3, 0.4) is 0 Å². The van der Waals surface area contributed by atoms with Gasteiger partial charge in [0.25, 0.3) is 5.91 Å². The first kappa shape index (κ1) is 19.8. The second-order valence-corrected chi connectivity index (χ2v) is 7.47. The Kier molecular flexibility index (Phi) is 5.88. The lowest BCUT2D eigenvalue weighted by Gasteiger charge is -2.28. The predicted molar refractivity (Wildman–Crippen MR) is 112 cm³/mol. The molecular formula is C23H23FN4O2. The summed E-state index contributed by atoms with van der Waals surface area (Å²) in [5.74, 6) is -0.297. The number of rotatable bonds is 5. The molecule has 0 spiro atoms. The van der Waals surface area contributed by atoms with Crippen LogP contribution in [0.4, 0.5) is 10.2 Å². The molecule has 6 nitrogen and oxygen atoms in total. The Balaban J connectivity index is 1.29. The van der Waals surface area contributed by atoms with Crippen molar-refractivity contribution in [2.24, 2.45) is 5.92 Å². The van der Waals surface area contributed by atoms with E-state index >= 15 is 0 Å². The number of hydrogen-bond acceptors (Lipinski definition) is 3. The molecule has 0 radical (unpaired) electrons. The van der Waals surface area contributed by atoms with E-state index in [1.54, 1.807) is 42.6 Å². The Bertz CT molecular complexity index is 1030. The summed E-state index contributed by atoms with van der Waals surface area (Å²) >= 11 is 0. The van der Waals surface area contributed by atoms with Gasteiger partial charge in [0.15, 0.2) is 5.82 Å². The number of benzene rings is 2. The van der Waals surface area contributed by atoms with E-state index in [-0.39, 0.29) is 29.6 Å². The van der Waals surface area contributed by atoms with Crippen molar-refractivity contribution in [1.82, 2.24) is 15.1 Å². The second kappa shape index (κ2) is 8.90. The van der Waals surface area contributed by atoms with Gasteiger partial charge in [0, 0.05) is 29.8 Å². The highest BCUT2D eigenvalue weighted by atomic mass is 19.1. The average Bonchev–Trinajstić information content (AvgIpc) is 3.23. The summed E-state index contributed by atoms with van der Waals surface area (Å²) < 4.78 is 15.3. The standard InChI is InChI=1S/C23H23FN4O2/c24-19-8-4-5-9-20(19)28-15-14-21(27-28)26-23(30)17-10-12-18(13-11-17)25-22(29)16-6-2-1-3-7-16/h1-9,14-15,17-18H,10-13H2,(H,25,29)(H,26,27,30)/t17-,18+. The fourth-order valence-electron chi connectivity index (χ4n) is 3.75. The minimum absolute atomic E-state index is 0.0713. The lowest BCUT2D eigenvalue weighted by atomic mass is 9.85. The molecule has 30 heavy (non-hydrogen) atoms. The van der Waals surface area contributed by atoms with Crippen LogP contribution in [0.2, 0.25) is 0 Å². The van der Waals surface area contributed by atoms with Crippen LogP contribution in [-0.4, -0.2) is 27.6 Å². The molecule has 0 bridgehead atoms. The molecule has 0 unspecified atom stereocenters. The number of halogens is 1. The summed E-state index contributed by atoms with van der Waals surface area (Å²) in [6.07, 6.45) is 4.50. The number of nitrogens with zero attached hydrogens (tertiary/aromatic N) is 2. The molecule has 1 heterocycles. The van der Waals surface area contributed by atoms with Gasteiger partial charge in [-0.15, -0.1) is 5.10 Å². The molecule has 0 aliphatic heterocycles. The Morgan fingerprint density at radius 3 is 2.37 bits per heavy atom. The summed E-state index contributed by atoms with van der Waals surface area (Å²) in [5, 5.41) is 10.1. The molecule has 1 fully saturated rings. The van der Waals surface area contributed by atoms with E-state index < -0.39 is 0 Å². The quantitative estimate of drug-likeness (QED) is 0.674. The Labute approximate surface area is 174 Å². The first-order valence-electron chi connectivity index (χ1n) is 10.1. The molecule has 1 aliphatic rings. The SMILES string of the molecule is O=C(N[C@H]1CC[C@@H](C(=O)Nc2ccn(-c3ccccc3F)n2)CC1)c1ccccc1. The summed E-state index contributed by atoms with van der Waals surface area (Å²) in [7, 11) is 0. The van der Waals surface area contributed by atoms with Gasteiger partial charge in [-0.1, -0.05) is 30.3 Å². The molecule has 1 aromatic heterocycles. The maximum absolute atomic E-state index is 13.9. The van der Waals surface area contributed by atoms with Crippen molar-refractivity contribution in [2.45, 2.75) is 31.7 Å². The zero-order chi connectivity index (χ0) is 20.9. The molecule has 2 amide bonds. The molecule has 4 rings (SSSR count). The van der Waals surface area contributed by atoms with E-state index in [1.165, 1.54) is 10.7 Å². The van der Waals surface area contributed by atoms with Crippen molar-refractivity contribution < 1.29 is 14.0 Å². The molecule has 7 heteroatoms. The number of para-hydroxylation sites is 1. The number of amides is 2. The highest BCUT2D eigenvalue weighted by Gasteiger charge is 2.27. The van der Waals surface area contributed by atoms with Gasteiger partial charge in [-0.25, -0.2) is 9.07 Å². The van der Waals surface area contributed by atoms with Gasteiger partial charge in [0.2, 0.25) is 5.91 Å². The van der Waals surface area contributed by atoms with Gasteiger partial charge in [0.1, 0.15) is 11.5 Å². The number of anilines is 1. The minimum Gasteiger partial charge on any atom is -0.349 e. The number of aromatic nitrogens is 2. The highest BCUT2D eigenvalue weighted by molar-refractivity contribution is 5.94. The summed E-state index contributed by atoms with van der Waals surface area (Å²) in [4.78, 5) is 24.9. The summed E-state index contributed by atoms with van der Waals surface area (Å²) in [6.45, 7) is 0. The van der Waals surface area contributed by atoms with Crippen molar-refractivity contribution in [3.05, 3.63) is 78.2 Å². The van der Waals surface area contributed by atoms with Crippen molar-refractivity contribution in [2.75, 3.05) is 5.32 Å². The van der Waals surface area contributed by atoms with Crippen LogP contribution in [0.25, 0.3) is 5.69 Å². The smallest absolute Gasteiger partial charge is 0.251 e. The molecule has 3 aromatic rings. The number of nitrogens with one attached hydrogen (secondary N) is 2. The predicted octanol–water partition coefficient (Wildman–Crippen LogP) is 3.94. The second-order valence-electron chi connectivity index (χ2n) is 7.47. The van der Waals surface area contributed by atoms with Gasteiger partial charge in [-0.05, 0) is 49.9 Å². The van der Waals surface area contributed by atoms with Crippen LogP contribution in [0.1, 0.15) is 36.0 Å². The monoisotopic (exact) mass is 406 g/mol. The highest BCUT2D eigenvalue weighted by Crippen LogP contribution is 2.26. The molecule has 0 saturated heterocycles. The summed E-state index contributed by atoms with van der Waals surface area (Å²) in [6, 6.07) is 17.2. The van der Waals surface area contributed by atoms with Crippen molar-refractivity contribution in [3.63, 3.8) is 0 Å². The molecular weight excluding hydrogens is 383 g/mol. The lowest BCUT2D eigenvalue weighted by Crippen LogP contribution is -2.39. The maximum atomic E-state index is 13.9. The van der Waals surface area contributed by atoms with Crippen molar-refractivity contribution >= 4 is 17.6 Å². The van der Waals surface area contributed by atoms with Crippen LogP contribution in [-0.2, 0) is 4.79 Å². The molecule has 1 aliphatic carbocycles. The van der Waals surface area contributed by atoms with Gasteiger partial charge < -0.3 is 10.6 Å². The van der Waals surface area contributed by atoms with Crippen LogP contribution < -0.4 is 10.6 Å². The van der Waals surface area contributed by atoms with E-state index in [1.807, 2.05) is 18.2 Å². The topological polar surface area (TPSA) is 76.0 Å². The van der Waals surface area contributed by atoms with E-state index in [0.29, 0.717) is 29.9 Å². The maximum Gasteiger partial charge on any atom is 0.251 e. The summed E-state index contributed by atoms with van der Waals surface area (Å²) in [5.41, 5.74) is 0.968. The largest absolute Gasteiger partial charge is 0.349 e. The average molecular weight is 406 g/mol. The van der Waals surface area contributed by atoms with Crippen molar-refractivity contribution in [1.29, 1.82) is 0 Å². The zero-order valence-electron chi connectivity index (χ0n) is 16.4. The van der Waals surface area contributed by atoms with Gasteiger partial charge >= 0.3 is 0 Å². The van der Waals surface area contributed by atoms with Crippen LogP contribution >= 0.6 is 0 Å². The minimum atomic E-state index is -0.380. The number of carbonyl (C=O) groups is 2. The Morgan fingerprint density at radius 1 is 0.933 bits per heavy atom.